The van der Waals surface area contributed by atoms with Crippen molar-refractivity contribution < 1.29 is 33.8 Å². The molecule has 1 aromatic carbocycles. The standard InChI is InChI=1S/C9H4O5.2CHNO/c10-7(11)4-1-2-5-6(3-4)9(13)14-8(5)12;2*2-1-3/h1-3H,(H,10,11);2*2H. The molecular weight excluding hydrogens is 272 g/mol. The van der Waals surface area contributed by atoms with Crippen LogP contribution in [0.5, 0.6) is 0 Å². The number of carbonyl (C=O) groups excluding carboxylic acids is 4. The maximum atomic E-state index is 11.0. The topological polar surface area (TPSA) is 163 Å². The first-order valence-electron chi connectivity index (χ1n) is 4.64. The second-order valence-electron chi connectivity index (χ2n) is 2.95. The number of nitrogens with one attached hydrogen (secondary N) is 2. The van der Waals surface area contributed by atoms with Crippen molar-refractivity contribution in [3.05, 3.63) is 34.9 Å². The Kier molecular flexibility index (Phi) is 6.49. The maximum Gasteiger partial charge on any atom is 0.346 e. The second-order valence-corrected chi connectivity index (χ2v) is 2.95. The fourth-order valence-electron chi connectivity index (χ4n) is 1.22. The molecule has 1 aliphatic heterocycles. The van der Waals surface area contributed by atoms with Gasteiger partial charge in [0.1, 0.15) is 0 Å². The number of isocyanates is 2. The van der Waals surface area contributed by atoms with Crippen LogP contribution in [0.2, 0.25) is 0 Å². The molecule has 0 bridgehead atoms. The number of cyclic esters (lactones) is 2. The first-order valence-corrected chi connectivity index (χ1v) is 4.64. The van der Waals surface area contributed by atoms with Crippen LogP contribution in [-0.2, 0) is 14.3 Å². The van der Waals surface area contributed by atoms with E-state index in [9.17, 15) is 14.4 Å². The van der Waals surface area contributed by atoms with Gasteiger partial charge in [-0.05, 0) is 18.2 Å². The summed E-state index contributed by atoms with van der Waals surface area (Å²) in [5.41, 5.74) is 0.0744. The summed E-state index contributed by atoms with van der Waals surface area (Å²) in [7, 11) is 0. The molecule has 1 aromatic rings. The Balaban J connectivity index is 0.000000520. The Labute approximate surface area is 110 Å². The van der Waals surface area contributed by atoms with Crippen LogP contribution in [0.3, 0.4) is 0 Å². The van der Waals surface area contributed by atoms with Crippen molar-refractivity contribution >= 4 is 30.1 Å². The Morgan fingerprint density at radius 2 is 1.50 bits per heavy atom. The first kappa shape index (κ1) is 16.6. The van der Waals surface area contributed by atoms with Gasteiger partial charge in [0.15, 0.2) is 0 Å². The average Bonchev–Trinajstić information content (AvgIpc) is 2.66. The monoisotopic (exact) mass is 278 g/mol. The summed E-state index contributed by atoms with van der Waals surface area (Å²) >= 11 is 0. The molecule has 0 radical (unpaired) electrons. The molecule has 0 saturated heterocycles. The number of rotatable bonds is 1. The second kappa shape index (κ2) is 7.83. The van der Waals surface area contributed by atoms with E-state index in [0.29, 0.717) is 0 Å². The Hall–Kier alpha value is -3.41. The summed E-state index contributed by atoms with van der Waals surface area (Å²) < 4.78 is 4.30. The van der Waals surface area contributed by atoms with Crippen molar-refractivity contribution in [1.29, 1.82) is 10.8 Å². The van der Waals surface area contributed by atoms with Gasteiger partial charge in [0.2, 0.25) is 12.2 Å². The van der Waals surface area contributed by atoms with E-state index in [1.54, 1.807) is 0 Å². The summed E-state index contributed by atoms with van der Waals surface area (Å²) in [6.45, 7) is 0. The summed E-state index contributed by atoms with van der Waals surface area (Å²) in [6.07, 6.45) is 1.50. The van der Waals surface area contributed by atoms with Crippen molar-refractivity contribution in [1.82, 2.24) is 0 Å². The Morgan fingerprint density at radius 1 is 1.05 bits per heavy atom. The molecule has 0 unspecified atom stereocenters. The van der Waals surface area contributed by atoms with E-state index < -0.39 is 17.9 Å². The summed E-state index contributed by atoms with van der Waals surface area (Å²) in [6, 6.07) is 3.65. The number of carbonyl (C=O) groups is 3. The molecule has 0 aliphatic carbocycles. The van der Waals surface area contributed by atoms with Crippen LogP contribution in [0, 0.1) is 10.8 Å². The van der Waals surface area contributed by atoms with Crippen molar-refractivity contribution in [3.63, 3.8) is 0 Å². The van der Waals surface area contributed by atoms with Crippen LogP contribution >= 0.6 is 0 Å². The normalized spacial score (nSPS) is 10.4. The molecule has 102 valence electrons. The molecule has 1 aliphatic rings. The van der Waals surface area contributed by atoms with Gasteiger partial charge in [-0.15, -0.1) is 0 Å². The number of esters is 2. The number of fused-ring (bicyclic) bond motifs is 1. The molecule has 1 heterocycles. The molecule has 0 saturated carbocycles. The van der Waals surface area contributed by atoms with Crippen LogP contribution < -0.4 is 0 Å². The number of carboxylic acid groups (broad SMARTS) is 1. The van der Waals surface area contributed by atoms with Gasteiger partial charge in [-0.1, -0.05) is 0 Å². The number of carboxylic acids is 1. The lowest BCUT2D eigenvalue weighted by atomic mass is 10.1. The predicted octanol–water partition coefficient (Wildman–Crippen LogP) is 0.497. The zero-order valence-corrected chi connectivity index (χ0v) is 9.63. The summed E-state index contributed by atoms with van der Waals surface area (Å²) in [5.74, 6) is -2.69. The van der Waals surface area contributed by atoms with E-state index in [0.717, 1.165) is 18.2 Å². The predicted molar refractivity (Wildman–Crippen MR) is 60.0 cm³/mol. The van der Waals surface area contributed by atoms with E-state index in [1.807, 2.05) is 0 Å². The van der Waals surface area contributed by atoms with E-state index in [1.165, 1.54) is 12.1 Å². The van der Waals surface area contributed by atoms with Gasteiger partial charge < -0.3 is 9.84 Å². The third kappa shape index (κ3) is 4.11. The highest BCUT2D eigenvalue weighted by Crippen LogP contribution is 2.20. The fraction of sp³-hybridized carbons (Fsp3) is 0. The van der Waals surface area contributed by atoms with Crippen LogP contribution in [0.15, 0.2) is 18.2 Å². The summed E-state index contributed by atoms with van der Waals surface area (Å²) in [4.78, 5) is 49.2. The maximum absolute atomic E-state index is 11.0. The molecule has 0 amide bonds. The molecule has 3 N–H and O–H groups in total. The molecule has 0 aromatic heterocycles. The molecular formula is C11H6N2O7. The van der Waals surface area contributed by atoms with E-state index in [4.69, 9.17) is 25.5 Å². The van der Waals surface area contributed by atoms with Gasteiger partial charge in [-0.2, -0.15) is 0 Å². The van der Waals surface area contributed by atoms with Gasteiger partial charge in [-0.25, -0.2) is 34.8 Å². The molecule has 20 heavy (non-hydrogen) atoms. The van der Waals surface area contributed by atoms with Crippen LogP contribution in [0.1, 0.15) is 31.1 Å². The van der Waals surface area contributed by atoms with Crippen molar-refractivity contribution in [2.24, 2.45) is 0 Å². The number of ether oxygens (including phenoxy) is 1. The fourth-order valence-corrected chi connectivity index (χ4v) is 1.22. The quantitative estimate of drug-likeness (QED) is 0.291. The number of hydrogen-bond donors (Lipinski definition) is 3. The molecule has 0 atom stereocenters. The van der Waals surface area contributed by atoms with Crippen LogP contribution in [0.25, 0.3) is 0 Å². The minimum Gasteiger partial charge on any atom is -0.478 e. The highest BCUT2D eigenvalue weighted by molar-refractivity contribution is 6.15. The third-order valence-electron chi connectivity index (χ3n) is 1.89. The SMILES string of the molecule is N=C=O.N=C=O.O=C(O)c1ccc2c(c1)C(=O)OC2=O. The van der Waals surface area contributed by atoms with E-state index >= 15 is 0 Å². The van der Waals surface area contributed by atoms with Crippen molar-refractivity contribution in [3.8, 4) is 0 Å². The van der Waals surface area contributed by atoms with E-state index in [-0.39, 0.29) is 16.7 Å². The number of benzene rings is 1. The van der Waals surface area contributed by atoms with Gasteiger partial charge in [0.25, 0.3) is 0 Å². The molecule has 9 nitrogen and oxygen atoms in total. The zero-order chi connectivity index (χ0) is 15.7. The largest absolute Gasteiger partial charge is 0.478 e. The van der Waals surface area contributed by atoms with Crippen molar-refractivity contribution in [2.45, 2.75) is 0 Å². The van der Waals surface area contributed by atoms with Crippen LogP contribution in [-0.4, -0.2) is 35.2 Å². The van der Waals surface area contributed by atoms with Crippen molar-refractivity contribution in [2.75, 3.05) is 0 Å². The molecule has 0 fully saturated rings. The van der Waals surface area contributed by atoms with Crippen LogP contribution in [0.4, 0.5) is 0 Å². The van der Waals surface area contributed by atoms with Gasteiger partial charge in [0, 0.05) is 0 Å². The average molecular weight is 278 g/mol. The first-order chi connectivity index (χ1) is 9.42. The molecule has 2 rings (SSSR count). The Bertz CT molecular complexity index is 612. The number of aromatic carboxylic acids is 1. The van der Waals surface area contributed by atoms with Gasteiger partial charge in [-0.3, -0.25) is 0 Å². The minimum atomic E-state index is -1.15. The Morgan fingerprint density at radius 3 is 1.95 bits per heavy atom. The smallest absolute Gasteiger partial charge is 0.346 e. The summed E-state index contributed by atoms with van der Waals surface area (Å²) in [5, 5.41) is 19.4. The lowest BCUT2D eigenvalue weighted by Gasteiger charge is -1.94. The number of hydrogen-bond acceptors (Lipinski definition) is 8. The van der Waals surface area contributed by atoms with E-state index in [2.05, 4.69) is 4.74 Å². The minimum absolute atomic E-state index is 0.00917. The highest BCUT2D eigenvalue weighted by Gasteiger charge is 2.30. The van der Waals surface area contributed by atoms with Gasteiger partial charge >= 0.3 is 17.9 Å². The zero-order valence-electron chi connectivity index (χ0n) is 9.63. The lowest BCUT2D eigenvalue weighted by Crippen LogP contribution is -2.00. The molecule has 0 spiro atoms. The highest BCUT2D eigenvalue weighted by atomic mass is 16.6. The van der Waals surface area contributed by atoms with Gasteiger partial charge in [0.05, 0.1) is 16.7 Å². The lowest BCUT2D eigenvalue weighted by molar-refractivity contribution is 0.0443. The molecule has 9 heteroatoms. The third-order valence-corrected chi connectivity index (χ3v) is 1.89.